The van der Waals surface area contributed by atoms with E-state index < -0.39 is 10.7 Å². The number of nitrogens with zero attached hydrogens (tertiary/aromatic N) is 3. The van der Waals surface area contributed by atoms with Gasteiger partial charge in [0, 0.05) is 10.9 Å². The Bertz CT molecular complexity index is 1050. The number of aromatic hydroxyl groups is 1. The van der Waals surface area contributed by atoms with E-state index in [1.165, 1.54) is 11.3 Å². The molecule has 0 aliphatic heterocycles. The fourth-order valence-corrected chi connectivity index (χ4v) is 6.82. The molecule has 0 bridgehead atoms. The smallest absolute Gasteiger partial charge is 0.176 e. The van der Waals surface area contributed by atoms with Crippen LogP contribution in [0.25, 0.3) is 0 Å². The molecule has 1 aromatic carbocycles. The first-order valence-corrected chi connectivity index (χ1v) is 13.8. The molecule has 0 aliphatic carbocycles. The first-order chi connectivity index (χ1) is 15.8. The van der Waals surface area contributed by atoms with Gasteiger partial charge in [-0.05, 0) is 51.1 Å². The molecule has 2 atom stereocenters. The fraction of sp³-hybridized carbons (Fsp3) is 0.458. The maximum atomic E-state index is 11.0. The highest BCUT2D eigenvalue weighted by Crippen LogP contribution is 2.48. The van der Waals surface area contributed by atoms with Crippen LogP contribution < -0.4 is 10.5 Å². The third-order valence-electron chi connectivity index (χ3n) is 5.19. The Kier molecular flexibility index (Phi) is 9.79. The number of rotatable bonds is 6. The van der Waals surface area contributed by atoms with E-state index in [4.69, 9.17) is 10.7 Å². The van der Waals surface area contributed by atoms with Crippen molar-refractivity contribution in [2.75, 3.05) is 7.05 Å². The minimum Gasteiger partial charge on any atom is -0.504 e. The van der Waals surface area contributed by atoms with Crippen LogP contribution in [0.5, 0.6) is 5.75 Å². The van der Waals surface area contributed by atoms with Crippen LogP contribution in [0.15, 0.2) is 49.9 Å². The van der Waals surface area contributed by atoms with Crippen molar-refractivity contribution in [2.24, 2.45) is 21.1 Å². The molecule has 10 heteroatoms. The molecule has 0 saturated heterocycles. The molecular weight excluding hydrogens is 486 g/mol. The number of amidine groups is 2. The molecule has 0 spiro atoms. The first-order valence-electron chi connectivity index (χ1n) is 10.9. The number of hydrogen-bond acceptors (Lipinski definition) is 7. The van der Waals surface area contributed by atoms with E-state index >= 15 is 0 Å². The van der Waals surface area contributed by atoms with E-state index in [-0.39, 0.29) is 34.4 Å². The summed E-state index contributed by atoms with van der Waals surface area (Å²) in [5, 5.41) is 14.9. The van der Waals surface area contributed by atoms with Crippen LogP contribution in [-0.4, -0.2) is 43.6 Å². The predicted octanol–water partition coefficient (Wildman–Crippen LogP) is 6.43. The van der Waals surface area contributed by atoms with Gasteiger partial charge in [-0.25, -0.2) is 9.30 Å². The normalized spacial score (nSPS) is 15.6. The van der Waals surface area contributed by atoms with E-state index in [1.807, 2.05) is 44.3 Å². The molecule has 0 aliphatic rings. The lowest BCUT2D eigenvalue weighted by molar-refractivity contribution is 0.318. The SMILES string of the molecule is C/C=S(\c1scc(N=C(N)C(=N[C@@H](c2ccccc2)C(C)(C)C)NSO)c1O)N(C)C(C)(C)C. The molecule has 34 heavy (non-hydrogen) atoms. The Balaban J connectivity index is 2.50. The number of nitrogens with one attached hydrogen (secondary N) is 1. The van der Waals surface area contributed by atoms with Crippen molar-refractivity contribution in [1.82, 2.24) is 9.03 Å². The molecular formula is C24H37N5O2S3. The lowest BCUT2D eigenvalue weighted by atomic mass is 9.83. The van der Waals surface area contributed by atoms with Gasteiger partial charge in [0.15, 0.2) is 17.4 Å². The van der Waals surface area contributed by atoms with Gasteiger partial charge in [0.05, 0.1) is 6.04 Å². The van der Waals surface area contributed by atoms with Crippen LogP contribution in [0.4, 0.5) is 5.69 Å². The Morgan fingerprint density at radius 1 is 1.21 bits per heavy atom. The first kappa shape index (κ1) is 28.4. The van der Waals surface area contributed by atoms with E-state index in [9.17, 15) is 9.66 Å². The summed E-state index contributed by atoms with van der Waals surface area (Å²) in [4.78, 5) is 9.30. The molecule has 1 unspecified atom stereocenters. The zero-order valence-electron chi connectivity index (χ0n) is 21.2. The van der Waals surface area contributed by atoms with E-state index in [0.29, 0.717) is 17.9 Å². The molecule has 0 fully saturated rings. The second-order valence-corrected chi connectivity index (χ2v) is 13.4. The van der Waals surface area contributed by atoms with Crippen molar-refractivity contribution < 1.29 is 9.66 Å². The van der Waals surface area contributed by atoms with Gasteiger partial charge in [0.2, 0.25) is 0 Å². The van der Waals surface area contributed by atoms with Gasteiger partial charge in [-0.1, -0.05) is 61.8 Å². The molecule has 0 amide bonds. The summed E-state index contributed by atoms with van der Waals surface area (Å²) in [6, 6.07) is 9.70. The number of hydrogen-bond donors (Lipinski definition) is 4. The minimum atomic E-state index is -0.398. The molecule has 1 heterocycles. The average molecular weight is 524 g/mol. The molecule has 7 nitrogen and oxygen atoms in total. The van der Waals surface area contributed by atoms with Crippen molar-refractivity contribution in [3.05, 3.63) is 41.3 Å². The van der Waals surface area contributed by atoms with Crippen molar-refractivity contribution >= 4 is 57.0 Å². The van der Waals surface area contributed by atoms with Crippen molar-refractivity contribution in [1.29, 1.82) is 0 Å². The summed E-state index contributed by atoms with van der Waals surface area (Å²) in [7, 11) is 1.65. The standard InChI is InChI=1S/C24H37N5O2S3/c1-9-34(29(8)24(5,6)7)22-18(30)17(15-32-22)26-20(25)21(28-33-31)27-19(23(2,3)4)16-13-11-10-12-14-16/h9-15,19,30-31H,1-8H3,(H2,25,26)(H,27,28)/t19-,34?/m0/s1. The summed E-state index contributed by atoms with van der Waals surface area (Å²) in [5.41, 5.74) is 7.45. The van der Waals surface area contributed by atoms with Gasteiger partial charge < -0.3 is 15.4 Å². The van der Waals surface area contributed by atoms with Crippen LogP contribution in [0.3, 0.4) is 0 Å². The van der Waals surface area contributed by atoms with Gasteiger partial charge in [-0.2, -0.15) is 0 Å². The van der Waals surface area contributed by atoms with Crippen LogP contribution in [-0.2, 0) is 0 Å². The fourth-order valence-electron chi connectivity index (χ4n) is 3.14. The van der Waals surface area contributed by atoms with Gasteiger partial charge in [-0.3, -0.25) is 9.71 Å². The highest BCUT2D eigenvalue weighted by molar-refractivity contribution is 8.14. The van der Waals surface area contributed by atoms with Crippen LogP contribution >= 0.6 is 34.2 Å². The number of aliphatic imine (C=N–C) groups is 2. The van der Waals surface area contributed by atoms with Crippen LogP contribution in [0.2, 0.25) is 0 Å². The maximum Gasteiger partial charge on any atom is 0.176 e. The highest BCUT2D eigenvalue weighted by atomic mass is 32.2. The van der Waals surface area contributed by atoms with Gasteiger partial charge in [-0.15, -0.1) is 11.3 Å². The minimum absolute atomic E-state index is 0.0734. The molecule has 5 N–H and O–H groups in total. The van der Waals surface area contributed by atoms with Crippen molar-refractivity contribution in [2.45, 2.75) is 64.3 Å². The summed E-state index contributed by atoms with van der Waals surface area (Å²) in [6.45, 7) is 14.7. The van der Waals surface area contributed by atoms with Crippen LogP contribution in [0.1, 0.15) is 60.1 Å². The lowest BCUT2D eigenvalue weighted by Crippen LogP contribution is -2.34. The van der Waals surface area contributed by atoms with Crippen LogP contribution in [0, 0.1) is 5.41 Å². The highest BCUT2D eigenvalue weighted by Gasteiger charge is 2.28. The monoisotopic (exact) mass is 523 g/mol. The molecule has 0 radical (unpaired) electrons. The zero-order valence-corrected chi connectivity index (χ0v) is 23.6. The topological polar surface area (TPSA) is 106 Å². The van der Waals surface area contributed by atoms with Gasteiger partial charge >= 0.3 is 0 Å². The van der Waals surface area contributed by atoms with Crippen molar-refractivity contribution in [3.63, 3.8) is 0 Å². The summed E-state index contributed by atoms with van der Waals surface area (Å²) in [5.74, 6) is 0.434. The zero-order chi connectivity index (χ0) is 25.7. The lowest BCUT2D eigenvalue weighted by Gasteiger charge is -2.34. The van der Waals surface area contributed by atoms with E-state index in [1.54, 1.807) is 5.38 Å². The summed E-state index contributed by atoms with van der Waals surface area (Å²) in [6.07, 6.45) is 0. The summed E-state index contributed by atoms with van der Waals surface area (Å²) >= 11 is 1.86. The molecule has 2 rings (SSSR count). The van der Waals surface area contributed by atoms with Gasteiger partial charge in [0.25, 0.3) is 0 Å². The van der Waals surface area contributed by atoms with E-state index in [2.05, 4.69) is 60.9 Å². The second-order valence-electron chi connectivity index (χ2n) is 9.82. The molecule has 2 aromatic rings. The third kappa shape index (κ3) is 7.08. The quantitative estimate of drug-likeness (QED) is 0.114. The number of benzene rings is 1. The number of thiophene rings is 1. The maximum absolute atomic E-state index is 11.0. The Hall–Kier alpha value is -1.85. The molecule has 188 valence electrons. The summed E-state index contributed by atoms with van der Waals surface area (Å²) < 4.78 is 15.3. The van der Waals surface area contributed by atoms with Crippen molar-refractivity contribution in [3.8, 4) is 5.75 Å². The molecule has 1 aromatic heterocycles. The Morgan fingerprint density at radius 2 is 1.82 bits per heavy atom. The number of nitrogens with two attached hydrogens (primary N) is 1. The second kappa shape index (κ2) is 11.7. The average Bonchev–Trinajstić information content (AvgIpc) is 3.10. The largest absolute Gasteiger partial charge is 0.504 e. The third-order valence-corrected chi connectivity index (χ3v) is 9.18. The Morgan fingerprint density at radius 3 is 2.32 bits per heavy atom. The predicted molar refractivity (Wildman–Crippen MR) is 152 cm³/mol. The van der Waals surface area contributed by atoms with Gasteiger partial charge in [0.1, 0.15) is 22.1 Å². The molecule has 0 saturated carbocycles. The Labute approximate surface area is 214 Å². The van der Waals surface area contributed by atoms with E-state index in [0.717, 1.165) is 9.77 Å².